The molecule has 1 saturated heterocycles. The summed E-state index contributed by atoms with van der Waals surface area (Å²) in [5, 5.41) is 24.6. The van der Waals surface area contributed by atoms with Crippen molar-refractivity contribution in [3.05, 3.63) is 72.3 Å². The molecule has 2 aliphatic heterocycles. The lowest BCUT2D eigenvalue weighted by molar-refractivity contribution is -0.254. The molecular formula is C43H57ClN2O9S. The number of likely N-dealkylation sites (N-methyl/N-ethyl adjacent to an activating group) is 1. The predicted octanol–water partition coefficient (Wildman–Crippen LogP) is 8.67. The molecule has 2 fully saturated rings. The molecule has 0 bridgehead atoms. The Morgan fingerprint density at radius 2 is 1.86 bits per heavy atom. The van der Waals surface area contributed by atoms with Crippen molar-refractivity contribution in [2.75, 3.05) is 52.2 Å². The lowest BCUT2D eigenvalue weighted by Gasteiger charge is -2.59. The minimum absolute atomic E-state index is 0.0488. The van der Waals surface area contributed by atoms with Gasteiger partial charge < -0.3 is 43.6 Å². The van der Waals surface area contributed by atoms with E-state index in [0.29, 0.717) is 36.7 Å². The summed E-state index contributed by atoms with van der Waals surface area (Å²) in [6.07, 6.45) is 12.7. The van der Waals surface area contributed by atoms with E-state index in [-0.39, 0.29) is 56.5 Å². The average molecular weight is 813 g/mol. The Bertz CT molecular complexity index is 1670. The monoisotopic (exact) mass is 812 g/mol. The van der Waals surface area contributed by atoms with Crippen LogP contribution in [0.4, 0.5) is 4.79 Å². The highest BCUT2D eigenvalue weighted by Gasteiger charge is 2.65. The number of carbonyl (C=O) groups excluding carboxylic acids is 1. The number of nitrogens with zero attached hydrogens (tertiary/aromatic N) is 2. The largest absolute Gasteiger partial charge is 0.459 e. The maximum Gasteiger partial charge on any atom is 0.410 e. The van der Waals surface area contributed by atoms with Gasteiger partial charge in [0.25, 0.3) is 0 Å². The molecule has 6 rings (SSSR count). The van der Waals surface area contributed by atoms with E-state index in [1.54, 1.807) is 29.8 Å². The van der Waals surface area contributed by atoms with Crippen LogP contribution in [0, 0.1) is 17.8 Å². The molecule has 4 aliphatic rings. The van der Waals surface area contributed by atoms with Gasteiger partial charge in [0.15, 0.2) is 0 Å². The number of rotatable bonds is 19. The Hall–Kier alpha value is -3.26. The maximum atomic E-state index is 13.7. The highest BCUT2D eigenvalue weighted by atomic mass is 35.5. The van der Waals surface area contributed by atoms with Crippen LogP contribution in [-0.2, 0) is 19.0 Å². The van der Waals surface area contributed by atoms with Crippen LogP contribution in [0.2, 0.25) is 0 Å². The van der Waals surface area contributed by atoms with Crippen LogP contribution in [0.25, 0.3) is 0 Å². The van der Waals surface area contributed by atoms with Crippen molar-refractivity contribution in [3.63, 3.8) is 0 Å². The fourth-order valence-electron chi connectivity index (χ4n) is 8.84. The van der Waals surface area contributed by atoms with Gasteiger partial charge >= 0.3 is 6.09 Å². The zero-order chi connectivity index (χ0) is 39.5. The van der Waals surface area contributed by atoms with Crippen LogP contribution in [0.15, 0.2) is 76.8 Å². The number of hydrogen-bond acceptors (Lipinski definition) is 11. The van der Waals surface area contributed by atoms with Gasteiger partial charge in [0.2, 0.25) is 12.1 Å². The van der Waals surface area contributed by atoms with E-state index in [0.717, 1.165) is 66.7 Å². The summed E-state index contributed by atoms with van der Waals surface area (Å²) < 4.78 is 32.1. The molecule has 1 unspecified atom stereocenters. The quantitative estimate of drug-likeness (QED) is 0.0468. The summed E-state index contributed by atoms with van der Waals surface area (Å²) in [4.78, 5) is 22.6. The van der Waals surface area contributed by atoms with Gasteiger partial charge in [-0.3, -0.25) is 0 Å². The second kappa shape index (κ2) is 20.4. The number of aliphatic hydroxyl groups is 2. The minimum Gasteiger partial charge on any atom is -0.459 e. The zero-order valence-electron chi connectivity index (χ0n) is 32.6. The molecule has 11 nitrogen and oxygen atoms in total. The first-order valence-electron chi connectivity index (χ1n) is 20.0. The lowest BCUT2D eigenvalue weighted by atomic mass is 9.55. The average Bonchev–Trinajstić information content (AvgIpc) is 3.23. The number of amides is 1. The van der Waals surface area contributed by atoms with E-state index in [1.165, 1.54) is 0 Å². The third kappa shape index (κ3) is 9.54. The van der Waals surface area contributed by atoms with Gasteiger partial charge in [-0.2, -0.15) is 0 Å². The van der Waals surface area contributed by atoms with Gasteiger partial charge in [0.1, 0.15) is 29.9 Å². The fraction of sp³-hybridized carbons (Fsp3) is 0.581. The van der Waals surface area contributed by atoms with Crippen LogP contribution < -0.4 is 9.47 Å². The van der Waals surface area contributed by atoms with Crippen LogP contribution in [0.1, 0.15) is 75.7 Å². The van der Waals surface area contributed by atoms with Crippen molar-refractivity contribution in [1.29, 1.82) is 0 Å². The molecule has 0 radical (unpaired) electrons. The highest BCUT2D eigenvalue weighted by Crippen LogP contribution is 2.62. The second-order valence-electron chi connectivity index (χ2n) is 14.9. The van der Waals surface area contributed by atoms with E-state index < -0.39 is 30.1 Å². The number of allylic oxidation sites excluding steroid dienone is 1. The summed E-state index contributed by atoms with van der Waals surface area (Å²) in [5.74, 6) is 0.359. The number of aliphatic hydroxyl groups excluding tert-OH is 2. The lowest BCUT2D eigenvalue weighted by Crippen LogP contribution is -2.69. The van der Waals surface area contributed by atoms with E-state index in [1.807, 2.05) is 42.7 Å². The molecule has 13 heteroatoms. The maximum absolute atomic E-state index is 13.7. The van der Waals surface area contributed by atoms with Crippen molar-refractivity contribution < 1.29 is 43.5 Å². The first-order valence-corrected chi connectivity index (χ1v) is 21.8. The number of fused-ring (bicyclic) bond motifs is 2. The molecule has 1 saturated carbocycles. The molecule has 2 aromatic rings. The summed E-state index contributed by atoms with van der Waals surface area (Å²) in [6, 6.07) is 13.2. The van der Waals surface area contributed by atoms with Gasteiger partial charge in [0, 0.05) is 49.5 Å². The molecule has 2 aliphatic carbocycles. The topological polar surface area (TPSA) is 129 Å². The van der Waals surface area contributed by atoms with Crippen molar-refractivity contribution in [2.24, 2.45) is 22.9 Å². The number of ether oxygens (including phenoxy) is 5. The summed E-state index contributed by atoms with van der Waals surface area (Å²) in [7, 11) is 1.70. The minimum atomic E-state index is -1.38. The smallest absolute Gasteiger partial charge is 0.410 e. The van der Waals surface area contributed by atoms with Crippen molar-refractivity contribution in [1.82, 2.24) is 4.90 Å². The first kappa shape index (κ1) is 42.3. The van der Waals surface area contributed by atoms with Gasteiger partial charge in [-0.05, 0) is 105 Å². The Balaban J connectivity index is 1.54. The number of alkyl halides is 1. The van der Waals surface area contributed by atoms with Gasteiger partial charge in [-0.15, -0.1) is 29.9 Å². The number of unbranched alkanes of at least 4 members (excludes halogenated alkanes) is 2. The molecule has 2 aromatic carbocycles. The van der Waals surface area contributed by atoms with Crippen LogP contribution in [0.5, 0.6) is 17.2 Å². The van der Waals surface area contributed by atoms with Crippen molar-refractivity contribution >= 4 is 35.2 Å². The van der Waals surface area contributed by atoms with E-state index in [4.69, 9.17) is 45.3 Å². The summed E-state index contributed by atoms with van der Waals surface area (Å²) >= 11 is 7.63. The normalized spacial score (nSPS) is 27.3. The Morgan fingerprint density at radius 3 is 2.55 bits per heavy atom. The molecule has 306 valence electrons. The van der Waals surface area contributed by atoms with Gasteiger partial charge in [-0.25, -0.2) is 4.79 Å². The van der Waals surface area contributed by atoms with Gasteiger partial charge in [-0.1, -0.05) is 30.1 Å². The summed E-state index contributed by atoms with van der Waals surface area (Å²) in [6.45, 7) is 5.02. The number of carbonyl (C=O) groups is 1. The van der Waals surface area contributed by atoms with Crippen molar-refractivity contribution in [2.45, 2.75) is 93.1 Å². The number of oxime groups is 1. The molecule has 56 heavy (non-hydrogen) atoms. The van der Waals surface area contributed by atoms with Crippen LogP contribution in [-0.4, -0.2) is 97.3 Å². The Kier molecular flexibility index (Phi) is 15.5. The Morgan fingerprint density at radius 1 is 1.09 bits per heavy atom. The predicted molar refractivity (Wildman–Crippen MR) is 218 cm³/mol. The van der Waals surface area contributed by atoms with Crippen molar-refractivity contribution in [3.8, 4) is 17.2 Å². The van der Waals surface area contributed by atoms with Gasteiger partial charge in [0.05, 0.1) is 30.7 Å². The van der Waals surface area contributed by atoms with E-state index >= 15 is 0 Å². The van der Waals surface area contributed by atoms with Crippen LogP contribution in [0.3, 0.4) is 0 Å². The third-order valence-electron chi connectivity index (χ3n) is 11.4. The Labute approximate surface area is 340 Å². The molecule has 7 atom stereocenters. The molecule has 0 spiro atoms. The molecule has 2 heterocycles. The highest BCUT2D eigenvalue weighted by molar-refractivity contribution is 7.98. The fourth-order valence-corrected chi connectivity index (χ4v) is 9.33. The van der Waals surface area contributed by atoms with Crippen LogP contribution >= 0.6 is 23.4 Å². The molecular weight excluding hydrogens is 756 g/mol. The standard InChI is InChI=1S/C43H57ClN2O9S/c1-4-23-52-43-38(46(2)42(49)51-25-20-44)28-36(45-55-39-13-7-10-24-50-39)34-26-29(11-5-8-21-47)33(12-6-9-22-48)40(41(34)43)35-27-31(16-19-37(35)54-43)53-30-14-17-32(56-3)18-15-30/h4,14-19,26-27,29,33,38-41,47-48H,1,5-13,20-25,28H2,2-3H3/t29-,33+,38-,39?,40+,41+,43+/m0/s1. The van der Waals surface area contributed by atoms with E-state index in [2.05, 4.69) is 18.7 Å². The number of halogens is 1. The third-order valence-corrected chi connectivity index (χ3v) is 12.3. The number of hydrogen-bond donors (Lipinski definition) is 2. The van der Waals surface area contributed by atoms with E-state index in [9.17, 15) is 15.0 Å². The molecule has 2 N–H and O–H groups in total. The number of thioether (sulfide) groups is 1. The first-order chi connectivity index (χ1) is 27.4. The zero-order valence-corrected chi connectivity index (χ0v) is 34.2. The molecule has 0 aromatic heterocycles. The summed E-state index contributed by atoms with van der Waals surface area (Å²) in [5.41, 5.74) is 2.62. The molecule has 1 amide bonds. The second-order valence-corrected chi connectivity index (χ2v) is 16.1. The number of benzene rings is 2. The SMILES string of the molecule is C=CCO[C@@]12Oc3ccc(Oc4ccc(SC)cc4)cc3[C@H]3[C@H](CCCCO)[C@@H](CCCCO)C=C(C(=NOC4CCCCO4)C[C@@H]1N(C)C(=O)OCCCl)[C@H]32.